The molecule has 2 saturated carbocycles. The monoisotopic (exact) mass is 358 g/mol. The van der Waals surface area contributed by atoms with Gasteiger partial charge in [0, 0.05) is 0 Å². The fraction of sp³-hybridized carbons (Fsp3) is 1.00. The molecule has 0 radical (unpaired) electrons. The third-order valence-corrected chi connectivity index (χ3v) is 8.64. The quantitative estimate of drug-likeness (QED) is 0.503. The summed E-state index contributed by atoms with van der Waals surface area (Å²) in [5, 5.41) is -0.306. The Hall–Kier alpha value is -0.130. The van der Waals surface area contributed by atoms with Crippen molar-refractivity contribution in [1.82, 2.24) is 0 Å². The van der Waals surface area contributed by atoms with Gasteiger partial charge in [0.2, 0.25) is 0 Å². The van der Waals surface area contributed by atoms with Crippen LogP contribution in [0.1, 0.15) is 78.1 Å². The fourth-order valence-electron chi connectivity index (χ4n) is 4.72. The first-order valence-corrected chi connectivity index (χ1v) is 11.5. The molecule has 5 heteroatoms. The summed E-state index contributed by atoms with van der Waals surface area (Å²) in [6.07, 6.45) is 10.8. The van der Waals surface area contributed by atoms with Crippen molar-refractivity contribution >= 4 is 10.1 Å². The molecule has 0 aromatic heterocycles. The molecule has 0 amide bonds. The van der Waals surface area contributed by atoms with E-state index in [1.807, 2.05) is 0 Å². The van der Waals surface area contributed by atoms with Crippen LogP contribution in [-0.2, 0) is 19.0 Å². The van der Waals surface area contributed by atoms with Crippen LogP contribution in [0.5, 0.6) is 0 Å². The zero-order chi connectivity index (χ0) is 17.2. The zero-order valence-electron chi connectivity index (χ0n) is 15.3. The van der Waals surface area contributed by atoms with Gasteiger partial charge in [-0.05, 0) is 56.3 Å². The van der Waals surface area contributed by atoms with E-state index in [0.29, 0.717) is 24.4 Å². The van der Waals surface area contributed by atoms with E-state index in [4.69, 9.17) is 8.92 Å². The third-order valence-electron chi connectivity index (χ3n) is 6.91. The first-order chi connectivity index (χ1) is 11.5. The standard InChI is InChI=1S/C19H34O4S/c1-3-15(2)16-9-11-18(12-10-16)24(20,21)23-14-19(13-22-19)17-7-5-4-6-8-17/h15-18H,3-14H2,1-2H3. The molecular formula is C19H34O4S. The maximum absolute atomic E-state index is 12.6. The zero-order valence-corrected chi connectivity index (χ0v) is 16.2. The molecule has 2 aliphatic carbocycles. The van der Waals surface area contributed by atoms with Gasteiger partial charge in [-0.1, -0.05) is 39.5 Å². The lowest BCUT2D eigenvalue weighted by atomic mass is 9.80. The highest BCUT2D eigenvalue weighted by molar-refractivity contribution is 7.87. The molecule has 0 N–H and O–H groups in total. The topological polar surface area (TPSA) is 55.9 Å². The highest BCUT2D eigenvalue weighted by Crippen LogP contribution is 2.44. The largest absolute Gasteiger partial charge is 0.367 e. The minimum absolute atomic E-state index is 0.241. The molecular weight excluding hydrogens is 324 g/mol. The summed E-state index contributed by atoms with van der Waals surface area (Å²) in [5.41, 5.74) is -0.290. The average Bonchev–Trinajstić information content (AvgIpc) is 3.42. The van der Waals surface area contributed by atoms with Gasteiger partial charge < -0.3 is 4.74 Å². The summed E-state index contributed by atoms with van der Waals surface area (Å²) in [6.45, 7) is 5.42. The lowest BCUT2D eigenvalue weighted by Crippen LogP contribution is -2.36. The predicted octanol–water partition coefficient (Wildman–Crippen LogP) is 4.29. The van der Waals surface area contributed by atoms with Crippen LogP contribution in [0.4, 0.5) is 0 Å². The highest BCUT2D eigenvalue weighted by Gasteiger charge is 2.52. The number of rotatable bonds is 7. The van der Waals surface area contributed by atoms with E-state index in [1.54, 1.807) is 0 Å². The van der Waals surface area contributed by atoms with Crippen LogP contribution in [0.2, 0.25) is 0 Å². The molecule has 1 aliphatic heterocycles. The van der Waals surface area contributed by atoms with E-state index in [2.05, 4.69) is 13.8 Å². The fourth-order valence-corrected chi connectivity index (χ4v) is 6.12. The lowest BCUT2D eigenvalue weighted by Gasteiger charge is -2.32. The molecule has 1 saturated heterocycles. The Morgan fingerprint density at radius 1 is 1.08 bits per heavy atom. The minimum Gasteiger partial charge on any atom is -0.367 e. The van der Waals surface area contributed by atoms with E-state index in [1.165, 1.54) is 25.7 Å². The Bertz CT molecular complexity index is 497. The molecule has 3 fully saturated rings. The van der Waals surface area contributed by atoms with Gasteiger partial charge in [-0.25, -0.2) is 0 Å². The summed E-state index contributed by atoms with van der Waals surface area (Å²) in [6, 6.07) is 0. The Morgan fingerprint density at radius 3 is 2.25 bits per heavy atom. The van der Waals surface area contributed by atoms with Crippen LogP contribution in [0.25, 0.3) is 0 Å². The number of epoxide rings is 1. The Labute approximate surface area is 147 Å². The Balaban J connectivity index is 1.50. The van der Waals surface area contributed by atoms with Crippen LogP contribution >= 0.6 is 0 Å². The molecule has 0 spiro atoms. The number of hydrogen-bond donors (Lipinski definition) is 0. The van der Waals surface area contributed by atoms with E-state index in [0.717, 1.165) is 38.5 Å². The van der Waals surface area contributed by atoms with Crippen LogP contribution in [0, 0.1) is 17.8 Å². The molecule has 2 atom stereocenters. The van der Waals surface area contributed by atoms with Crippen molar-refractivity contribution in [2.75, 3.05) is 13.2 Å². The highest BCUT2D eigenvalue weighted by atomic mass is 32.2. The second kappa shape index (κ2) is 7.63. The van der Waals surface area contributed by atoms with Gasteiger partial charge in [-0.3, -0.25) is 4.18 Å². The molecule has 2 unspecified atom stereocenters. The third kappa shape index (κ3) is 4.16. The van der Waals surface area contributed by atoms with Crippen molar-refractivity contribution in [3.05, 3.63) is 0 Å². The van der Waals surface area contributed by atoms with Crippen molar-refractivity contribution in [3.63, 3.8) is 0 Å². The van der Waals surface area contributed by atoms with Gasteiger partial charge in [0.15, 0.2) is 0 Å². The first-order valence-electron chi connectivity index (χ1n) is 9.99. The van der Waals surface area contributed by atoms with Gasteiger partial charge >= 0.3 is 0 Å². The van der Waals surface area contributed by atoms with E-state index >= 15 is 0 Å². The second-order valence-electron chi connectivity index (χ2n) is 8.37. The molecule has 0 aromatic carbocycles. The number of ether oxygens (including phenoxy) is 1. The van der Waals surface area contributed by atoms with Crippen molar-refractivity contribution in [1.29, 1.82) is 0 Å². The molecule has 140 valence electrons. The van der Waals surface area contributed by atoms with Crippen molar-refractivity contribution in [2.24, 2.45) is 17.8 Å². The normalized spacial score (nSPS) is 36.4. The number of hydrogen-bond acceptors (Lipinski definition) is 4. The Kier molecular flexibility index (Phi) is 5.93. The van der Waals surface area contributed by atoms with Gasteiger partial charge in [0.25, 0.3) is 10.1 Å². The minimum atomic E-state index is -3.45. The molecule has 0 aromatic rings. The summed E-state index contributed by atoms with van der Waals surface area (Å²) in [5.74, 6) is 1.87. The molecule has 0 bridgehead atoms. The van der Waals surface area contributed by atoms with Gasteiger partial charge in [0.05, 0.1) is 18.5 Å². The van der Waals surface area contributed by atoms with Crippen LogP contribution in [0.3, 0.4) is 0 Å². The molecule has 24 heavy (non-hydrogen) atoms. The molecule has 3 aliphatic rings. The van der Waals surface area contributed by atoms with Crippen LogP contribution in [0.15, 0.2) is 0 Å². The summed E-state index contributed by atoms with van der Waals surface area (Å²) in [4.78, 5) is 0. The van der Waals surface area contributed by atoms with Gasteiger partial charge in [-0.2, -0.15) is 8.42 Å². The molecule has 3 rings (SSSR count). The Morgan fingerprint density at radius 2 is 1.71 bits per heavy atom. The summed E-state index contributed by atoms with van der Waals surface area (Å²) >= 11 is 0. The van der Waals surface area contributed by atoms with Crippen molar-refractivity contribution in [2.45, 2.75) is 88.9 Å². The van der Waals surface area contributed by atoms with E-state index in [9.17, 15) is 8.42 Å². The summed E-state index contributed by atoms with van der Waals surface area (Å²) < 4.78 is 36.4. The van der Waals surface area contributed by atoms with Crippen LogP contribution < -0.4 is 0 Å². The average molecular weight is 359 g/mol. The van der Waals surface area contributed by atoms with Gasteiger partial charge in [-0.15, -0.1) is 0 Å². The molecule has 4 nitrogen and oxygen atoms in total. The SMILES string of the molecule is CCC(C)C1CCC(S(=O)(=O)OCC2(C3CCCCC3)CO2)CC1. The smallest absolute Gasteiger partial charge is 0.270 e. The van der Waals surface area contributed by atoms with E-state index in [-0.39, 0.29) is 17.5 Å². The molecule has 1 heterocycles. The van der Waals surface area contributed by atoms with E-state index < -0.39 is 10.1 Å². The van der Waals surface area contributed by atoms with Crippen molar-refractivity contribution in [3.8, 4) is 0 Å². The van der Waals surface area contributed by atoms with Gasteiger partial charge in [0.1, 0.15) is 5.60 Å². The predicted molar refractivity (Wildman–Crippen MR) is 95.3 cm³/mol. The van der Waals surface area contributed by atoms with Crippen molar-refractivity contribution < 1.29 is 17.3 Å². The maximum Gasteiger partial charge on any atom is 0.270 e. The lowest BCUT2D eigenvalue weighted by molar-refractivity contribution is 0.113. The second-order valence-corrected chi connectivity index (χ2v) is 10.3. The summed E-state index contributed by atoms with van der Waals surface area (Å²) in [7, 11) is -3.45. The van der Waals surface area contributed by atoms with Crippen LogP contribution in [-0.4, -0.2) is 32.5 Å². The maximum atomic E-state index is 12.6. The first kappa shape index (κ1) is 18.7.